The normalized spacial score (nSPS) is 17.2. The number of methoxy groups -OCH3 is 1. The first kappa shape index (κ1) is 90.0. The van der Waals surface area contributed by atoms with Gasteiger partial charge >= 0.3 is 24.4 Å². The van der Waals surface area contributed by atoms with Crippen LogP contribution in [0.15, 0.2) is 114 Å². The van der Waals surface area contributed by atoms with Crippen LogP contribution >= 0.6 is 11.8 Å². The van der Waals surface area contributed by atoms with E-state index >= 15 is 0 Å². The van der Waals surface area contributed by atoms with Crippen molar-refractivity contribution < 1.29 is 47.7 Å². The zero-order valence-electron chi connectivity index (χ0n) is 72.4. The highest BCUT2D eigenvalue weighted by Crippen LogP contribution is 2.40. The van der Waals surface area contributed by atoms with Crippen LogP contribution in [-0.4, -0.2) is 85.5 Å². The zero-order chi connectivity index (χ0) is 82.4. The van der Waals surface area contributed by atoms with Gasteiger partial charge in [-0.05, 0) is 247 Å². The minimum atomic E-state index is -0.463. The number of nitrogens with one attached hydrogen (secondary N) is 5. The second kappa shape index (κ2) is 37.6. The van der Waals surface area contributed by atoms with Gasteiger partial charge in [-0.1, -0.05) is 210 Å². The van der Waals surface area contributed by atoms with Crippen LogP contribution < -0.4 is 31.3 Å². The Bertz CT molecular complexity index is 4160. The fourth-order valence-electron chi connectivity index (χ4n) is 14.2. The van der Waals surface area contributed by atoms with Crippen molar-refractivity contribution in [3.63, 3.8) is 0 Å². The molecule has 17 heteroatoms. The maximum Gasteiger partial charge on any atom is 0.410 e. The number of nitrogens with zero attached hydrogens (tertiary/aromatic N) is 1. The Balaban J connectivity index is 0.000000186. The van der Waals surface area contributed by atoms with Gasteiger partial charge in [-0.25, -0.2) is 19.2 Å². The molecular formula is C94H136N6O10S. The van der Waals surface area contributed by atoms with Crippen molar-refractivity contribution in [1.29, 1.82) is 0 Å². The number of alkyl carbamates (subject to hydrolysis) is 3. The van der Waals surface area contributed by atoms with Crippen molar-refractivity contribution >= 4 is 53.4 Å². The second-order valence-electron chi connectivity index (χ2n) is 38.4. The molecule has 0 bridgehead atoms. The molecule has 3 heterocycles. The van der Waals surface area contributed by atoms with Crippen molar-refractivity contribution in [2.24, 2.45) is 0 Å². The number of benzene rings is 6. The Hall–Kier alpha value is -8.18. The molecule has 0 fully saturated rings. The first-order valence-electron chi connectivity index (χ1n) is 40.4. The molecule has 16 nitrogen and oxygen atoms in total. The molecule has 3 aliphatic heterocycles. The Labute approximate surface area is 671 Å². The van der Waals surface area contributed by atoms with Gasteiger partial charge in [-0.3, -0.25) is 4.79 Å². The van der Waals surface area contributed by atoms with Crippen molar-refractivity contribution in [3.8, 4) is 5.75 Å². The van der Waals surface area contributed by atoms with Crippen LogP contribution in [0.2, 0.25) is 0 Å². The summed E-state index contributed by atoms with van der Waals surface area (Å²) >= 11 is 1.60. The largest absolute Gasteiger partial charge is 0.490 e. The molecule has 0 saturated carbocycles. The van der Waals surface area contributed by atoms with Gasteiger partial charge in [0.1, 0.15) is 23.6 Å². The zero-order valence-corrected chi connectivity index (χ0v) is 73.2. The number of carbonyl (C=O) groups is 5. The topological polar surface area (TPSA) is 195 Å². The molecule has 608 valence electrons. The standard InChI is InChI=1S/C19H29NO2.C18H27NO2.C17H25NO2.C16H23NO2.C12H15NOS.C12H17NO/c1-18(2,3)14-11-10-13-8-7-9-16(15(13)12-14)20-17(21)22-19(4,5)6;1-17(2,3)15-9-7-8-13-12-19(11-10-14(13)15)16(20)21-18(4,5)6;1-5-20-16(19)18-15-8-6-7-12-9-10-13(11-14(12)15)17(2,3)4;1-16(2,3)12-9-8-11-6-5-7-14(13(11)10-12)17-15(18)19-4;1-12(2,3)8-4-5-10-9(6-8)13-11(14)7-15-10;1-12(2,3)9-4-5-11-10(8-9)13-6-7-14-11/h10-12,16H,7-9H2,1-6H3,(H,20,21);7-9H,10-12H2,1-6H3;9-11,15H,5-8H2,1-4H3,(H,18,19);8-10,14H,5-7H2,1-4H3,(H,17,18);4-6H,7H2,1-3H3,(H,13,14);4-5,8,13H,6-7H2,1-3H3. The predicted molar refractivity (Wildman–Crippen MR) is 457 cm³/mol. The lowest BCUT2D eigenvalue weighted by Gasteiger charge is -2.34. The highest BCUT2D eigenvalue weighted by atomic mass is 32.2. The fraction of sp³-hybridized carbons (Fsp3) is 0.564. The Kier molecular flexibility index (Phi) is 30.5. The predicted octanol–water partition coefficient (Wildman–Crippen LogP) is 22.8. The van der Waals surface area contributed by atoms with E-state index in [2.05, 4.69) is 260 Å². The average Bonchev–Trinajstić information content (AvgIpc) is 0.807. The number of hydrogen-bond donors (Lipinski definition) is 5. The molecule has 6 aromatic carbocycles. The van der Waals surface area contributed by atoms with Crippen LogP contribution in [0.5, 0.6) is 5.75 Å². The number of rotatable bonds is 4. The molecule has 12 rings (SSSR count). The number of carbonyl (C=O) groups excluding carboxylic acids is 5. The van der Waals surface area contributed by atoms with Crippen LogP contribution in [0.25, 0.3) is 0 Å². The third-order valence-corrected chi connectivity index (χ3v) is 21.5. The number of aryl methyl sites for hydroxylation is 3. The van der Waals surface area contributed by atoms with Crippen LogP contribution in [0.3, 0.4) is 0 Å². The molecular weight excluding hydrogens is 1410 g/mol. The van der Waals surface area contributed by atoms with E-state index < -0.39 is 11.2 Å². The van der Waals surface area contributed by atoms with Crippen molar-refractivity contribution in [2.75, 3.05) is 49.8 Å². The summed E-state index contributed by atoms with van der Waals surface area (Å²) in [6.07, 6.45) is 9.24. The number of anilines is 2. The van der Waals surface area contributed by atoms with Crippen LogP contribution in [-0.2, 0) is 88.5 Å². The summed E-state index contributed by atoms with van der Waals surface area (Å²) in [5, 5.41) is 15.2. The number of fused-ring (bicyclic) bond motifs is 6. The second-order valence-corrected chi connectivity index (χ2v) is 39.4. The number of amides is 5. The molecule has 3 aliphatic carbocycles. The molecule has 0 saturated heterocycles. The van der Waals surface area contributed by atoms with E-state index in [1.165, 1.54) is 89.9 Å². The molecule has 0 spiro atoms. The van der Waals surface area contributed by atoms with Gasteiger partial charge in [0.25, 0.3) is 0 Å². The van der Waals surface area contributed by atoms with Gasteiger partial charge < -0.3 is 55.2 Å². The summed E-state index contributed by atoms with van der Waals surface area (Å²) in [5.41, 5.74) is 20.4. The van der Waals surface area contributed by atoms with Crippen molar-refractivity contribution in [2.45, 2.75) is 311 Å². The van der Waals surface area contributed by atoms with E-state index in [1.54, 1.807) is 16.7 Å². The van der Waals surface area contributed by atoms with Crippen LogP contribution in [0.1, 0.15) is 308 Å². The maximum absolute atomic E-state index is 12.2. The molecule has 0 aromatic heterocycles. The third-order valence-electron chi connectivity index (χ3n) is 20.4. The monoisotopic (exact) mass is 1540 g/mol. The van der Waals surface area contributed by atoms with E-state index in [1.807, 2.05) is 48.5 Å². The highest BCUT2D eigenvalue weighted by molar-refractivity contribution is 8.00. The lowest BCUT2D eigenvalue weighted by Crippen LogP contribution is -2.40. The summed E-state index contributed by atoms with van der Waals surface area (Å²) in [7, 11) is 1.41. The molecule has 6 aromatic rings. The summed E-state index contributed by atoms with van der Waals surface area (Å²) < 4.78 is 26.1. The molecule has 111 heavy (non-hydrogen) atoms. The quantitative estimate of drug-likeness (QED) is 0.105. The van der Waals surface area contributed by atoms with E-state index in [9.17, 15) is 24.0 Å². The van der Waals surface area contributed by atoms with Gasteiger partial charge in [-0.15, -0.1) is 11.8 Å². The third kappa shape index (κ3) is 27.3. The summed E-state index contributed by atoms with van der Waals surface area (Å²) in [4.78, 5) is 61.6. The summed E-state index contributed by atoms with van der Waals surface area (Å²) in [6.45, 7) is 56.5. The summed E-state index contributed by atoms with van der Waals surface area (Å²) in [6, 6.07) is 39.4. The average molecular weight is 1540 g/mol. The first-order chi connectivity index (χ1) is 51.5. The molecule has 3 unspecified atom stereocenters. The summed E-state index contributed by atoms with van der Waals surface area (Å²) in [5.74, 6) is 1.60. The Morgan fingerprint density at radius 3 is 1.37 bits per heavy atom. The number of thioether (sulfide) groups is 1. The van der Waals surface area contributed by atoms with Crippen LogP contribution in [0, 0.1) is 0 Å². The van der Waals surface area contributed by atoms with Gasteiger partial charge in [0.05, 0.1) is 49.0 Å². The molecule has 3 atom stereocenters. The maximum atomic E-state index is 12.2. The molecule has 6 aliphatic rings. The van der Waals surface area contributed by atoms with Gasteiger partial charge in [0, 0.05) is 24.5 Å². The first-order valence-corrected chi connectivity index (χ1v) is 41.3. The highest BCUT2D eigenvalue weighted by Gasteiger charge is 2.32. The SMILES string of the molecule is CC(C)(C)OC(=O)N1CCc2c(cccc2C(C)(C)C)C1.CC(C)(C)OC(=O)NC1CCCc2ccc(C(C)(C)C)cc21.CC(C)(C)c1ccc2c(c1)NC(=O)CS2.CC(C)(C)c1ccc2c(c1)NCCO2.CCOC(=O)NC1CCCc2ccc(C(C)(C)C)cc21.COC(=O)NC1CCCc2ccc(C(C)(C)C)cc21. The lowest BCUT2D eigenvalue weighted by atomic mass is 9.80. The molecule has 0 radical (unpaired) electrons. The van der Waals surface area contributed by atoms with Gasteiger partial charge in [0.15, 0.2) is 0 Å². The Morgan fingerprint density at radius 1 is 0.495 bits per heavy atom. The van der Waals surface area contributed by atoms with Crippen molar-refractivity contribution in [3.05, 3.63) is 187 Å². The van der Waals surface area contributed by atoms with Gasteiger partial charge in [0.2, 0.25) is 5.91 Å². The smallest absolute Gasteiger partial charge is 0.410 e. The number of hydrogen-bond acceptors (Lipinski definition) is 12. The van der Waals surface area contributed by atoms with E-state index in [0.29, 0.717) is 18.9 Å². The minimum Gasteiger partial charge on any atom is -0.490 e. The lowest BCUT2D eigenvalue weighted by molar-refractivity contribution is -0.113. The van der Waals surface area contributed by atoms with Gasteiger partial charge in [-0.2, -0.15) is 0 Å². The van der Waals surface area contributed by atoms with Crippen molar-refractivity contribution in [1.82, 2.24) is 20.9 Å². The van der Waals surface area contributed by atoms with E-state index in [-0.39, 0.29) is 80.9 Å². The molecule has 5 amide bonds. The van der Waals surface area contributed by atoms with Crippen LogP contribution in [0.4, 0.5) is 30.6 Å². The Morgan fingerprint density at radius 2 is 0.928 bits per heavy atom. The molecule has 5 N–H and O–H groups in total. The minimum absolute atomic E-state index is 0.0564. The fourth-order valence-corrected chi connectivity index (χ4v) is 15.0. The van der Waals surface area contributed by atoms with E-state index in [4.69, 9.17) is 23.7 Å². The van der Waals surface area contributed by atoms with E-state index in [0.717, 1.165) is 101 Å². The number of ether oxygens (including phenoxy) is 5.